The van der Waals surface area contributed by atoms with E-state index < -0.39 is 6.04 Å². The molecular weight excluding hydrogens is 402 g/mol. The van der Waals surface area contributed by atoms with Gasteiger partial charge in [0.1, 0.15) is 5.75 Å². The maximum atomic E-state index is 13.1. The van der Waals surface area contributed by atoms with Crippen molar-refractivity contribution in [1.29, 1.82) is 0 Å². The number of rotatable bonds is 7. The van der Waals surface area contributed by atoms with Gasteiger partial charge in [0.2, 0.25) is 0 Å². The van der Waals surface area contributed by atoms with E-state index in [9.17, 15) is 9.90 Å². The Hall–Kier alpha value is -3.90. The highest BCUT2D eigenvalue weighted by atomic mass is 16.5. The van der Waals surface area contributed by atoms with Crippen LogP contribution < -0.4 is 10.1 Å². The standard InChI is InChI=1S/C26H25N3O3/c1-17-8-10-18(11-9-17)12-14-21-24-22(29-28-21)15-13-20(25(24)32-2)26(31)27-23(16-30)19-6-4-3-5-7-19/h3-15,23,30H,16H2,1-2H3,(H,27,31)(H,28,29)/b14-12+/t23-/m1/s1. The van der Waals surface area contributed by atoms with Gasteiger partial charge in [-0.25, -0.2) is 0 Å². The number of carbonyl (C=O) groups excluding carboxylic acids is 1. The molecule has 0 saturated carbocycles. The Morgan fingerprint density at radius 3 is 2.53 bits per heavy atom. The van der Waals surface area contributed by atoms with Crippen LogP contribution in [-0.4, -0.2) is 34.9 Å². The first-order valence-electron chi connectivity index (χ1n) is 10.4. The van der Waals surface area contributed by atoms with Gasteiger partial charge in [-0.05, 0) is 36.3 Å². The number of aliphatic hydroxyl groups excluding tert-OH is 1. The van der Waals surface area contributed by atoms with Crippen molar-refractivity contribution in [3.8, 4) is 5.75 Å². The molecule has 1 amide bonds. The molecule has 32 heavy (non-hydrogen) atoms. The molecule has 4 rings (SSSR count). The number of methoxy groups -OCH3 is 1. The number of nitrogens with zero attached hydrogens (tertiary/aromatic N) is 1. The molecule has 0 aliphatic heterocycles. The van der Waals surface area contributed by atoms with Gasteiger partial charge < -0.3 is 15.2 Å². The van der Waals surface area contributed by atoms with Crippen molar-refractivity contribution >= 4 is 29.0 Å². The van der Waals surface area contributed by atoms with Crippen LogP contribution in [-0.2, 0) is 0 Å². The molecule has 1 aromatic heterocycles. The van der Waals surface area contributed by atoms with Crippen LogP contribution in [0.4, 0.5) is 0 Å². The summed E-state index contributed by atoms with van der Waals surface area (Å²) in [5.74, 6) is 0.100. The lowest BCUT2D eigenvalue weighted by Gasteiger charge is -2.18. The zero-order chi connectivity index (χ0) is 22.5. The molecule has 0 saturated heterocycles. The van der Waals surface area contributed by atoms with Crippen LogP contribution in [0.3, 0.4) is 0 Å². The highest BCUT2D eigenvalue weighted by Gasteiger charge is 2.21. The monoisotopic (exact) mass is 427 g/mol. The van der Waals surface area contributed by atoms with E-state index in [0.29, 0.717) is 17.0 Å². The molecule has 0 unspecified atom stereocenters. The first-order chi connectivity index (χ1) is 15.6. The predicted octanol–water partition coefficient (Wildman–Crippen LogP) is 4.51. The molecule has 6 nitrogen and oxygen atoms in total. The van der Waals surface area contributed by atoms with E-state index in [-0.39, 0.29) is 12.5 Å². The van der Waals surface area contributed by atoms with E-state index >= 15 is 0 Å². The number of H-pyrrole nitrogens is 1. The Labute approximate surface area is 186 Å². The molecule has 0 bridgehead atoms. The minimum atomic E-state index is -0.519. The minimum Gasteiger partial charge on any atom is -0.495 e. The topological polar surface area (TPSA) is 87.2 Å². The van der Waals surface area contributed by atoms with Crippen molar-refractivity contribution in [2.45, 2.75) is 13.0 Å². The van der Waals surface area contributed by atoms with Gasteiger partial charge in [0, 0.05) is 0 Å². The molecule has 6 heteroatoms. The fourth-order valence-corrected chi connectivity index (χ4v) is 3.63. The van der Waals surface area contributed by atoms with Crippen LogP contribution in [0.25, 0.3) is 23.1 Å². The summed E-state index contributed by atoms with van der Waals surface area (Å²) in [7, 11) is 1.53. The second-order valence-corrected chi connectivity index (χ2v) is 7.54. The van der Waals surface area contributed by atoms with Crippen molar-refractivity contribution in [1.82, 2.24) is 15.5 Å². The Kier molecular flexibility index (Phi) is 6.33. The number of aryl methyl sites for hydroxylation is 1. The third kappa shape index (κ3) is 4.40. The fraction of sp³-hybridized carbons (Fsp3) is 0.154. The molecule has 0 fully saturated rings. The van der Waals surface area contributed by atoms with Gasteiger partial charge >= 0.3 is 0 Å². The Morgan fingerprint density at radius 2 is 1.84 bits per heavy atom. The van der Waals surface area contributed by atoms with Gasteiger partial charge in [0.15, 0.2) is 0 Å². The molecule has 3 aromatic carbocycles. The van der Waals surface area contributed by atoms with Gasteiger partial charge in [-0.1, -0.05) is 66.2 Å². The molecule has 0 aliphatic rings. The largest absolute Gasteiger partial charge is 0.495 e. The third-order valence-corrected chi connectivity index (χ3v) is 5.36. The molecular formula is C26H25N3O3. The first-order valence-corrected chi connectivity index (χ1v) is 10.4. The zero-order valence-electron chi connectivity index (χ0n) is 18.0. The molecule has 0 aliphatic carbocycles. The molecule has 4 aromatic rings. The maximum Gasteiger partial charge on any atom is 0.255 e. The van der Waals surface area contributed by atoms with Gasteiger partial charge in [0.25, 0.3) is 5.91 Å². The summed E-state index contributed by atoms with van der Waals surface area (Å²) in [5.41, 5.74) is 4.89. The number of aliphatic hydroxyl groups is 1. The number of amides is 1. The summed E-state index contributed by atoms with van der Waals surface area (Å²) < 4.78 is 5.65. The number of carbonyl (C=O) groups is 1. The van der Waals surface area contributed by atoms with E-state index in [0.717, 1.165) is 22.0 Å². The lowest BCUT2D eigenvalue weighted by molar-refractivity contribution is 0.0913. The minimum absolute atomic E-state index is 0.212. The molecule has 0 radical (unpaired) electrons. The summed E-state index contributed by atoms with van der Waals surface area (Å²) in [6.45, 7) is 1.84. The molecule has 162 valence electrons. The average molecular weight is 428 g/mol. The quantitative estimate of drug-likeness (QED) is 0.405. The lowest BCUT2D eigenvalue weighted by atomic mass is 10.0. The number of nitrogens with one attached hydrogen (secondary N) is 2. The zero-order valence-corrected chi connectivity index (χ0v) is 18.0. The van der Waals surface area contributed by atoms with E-state index in [1.165, 1.54) is 12.7 Å². The fourth-order valence-electron chi connectivity index (χ4n) is 3.63. The highest BCUT2D eigenvalue weighted by Crippen LogP contribution is 2.32. The molecule has 0 spiro atoms. The maximum absolute atomic E-state index is 13.1. The van der Waals surface area contributed by atoms with E-state index in [1.54, 1.807) is 12.1 Å². The number of benzene rings is 3. The third-order valence-electron chi connectivity index (χ3n) is 5.36. The summed E-state index contributed by atoms with van der Waals surface area (Å²) in [5, 5.41) is 20.8. The van der Waals surface area contributed by atoms with Crippen LogP contribution in [0.2, 0.25) is 0 Å². The molecule has 1 heterocycles. The van der Waals surface area contributed by atoms with Gasteiger partial charge in [-0.3, -0.25) is 9.89 Å². The predicted molar refractivity (Wildman–Crippen MR) is 126 cm³/mol. The Balaban J connectivity index is 1.67. The second kappa shape index (κ2) is 9.49. The molecule has 1 atom stereocenters. The normalized spacial score (nSPS) is 12.2. The van der Waals surface area contributed by atoms with Crippen molar-refractivity contribution < 1.29 is 14.6 Å². The number of hydrogen-bond donors (Lipinski definition) is 3. The van der Waals surface area contributed by atoms with E-state index in [2.05, 4.69) is 27.6 Å². The first kappa shape index (κ1) is 21.3. The highest BCUT2D eigenvalue weighted by molar-refractivity contribution is 6.05. The average Bonchev–Trinajstić information content (AvgIpc) is 3.25. The number of ether oxygens (including phenoxy) is 1. The number of aromatic amines is 1. The number of fused-ring (bicyclic) bond motifs is 1. The second-order valence-electron chi connectivity index (χ2n) is 7.54. The summed E-state index contributed by atoms with van der Waals surface area (Å²) >= 11 is 0. The SMILES string of the molecule is COc1c(C(=O)N[C@H](CO)c2ccccc2)ccc2[nH]nc(/C=C/c3ccc(C)cc3)c12. The van der Waals surface area contributed by atoms with Crippen LogP contribution in [0, 0.1) is 6.92 Å². The van der Waals surface area contributed by atoms with Crippen molar-refractivity contribution in [2.24, 2.45) is 0 Å². The van der Waals surface area contributed by atoms with E-state index in [4.69, 9.17) is 4.74 Å². The number of hydrogen-bond acceptors (Lipinski definition) is 4. The van der Waals surface area contributed by atoms with E-state index in [1.807, 2.05) is 61.5 Å². The van der Waals surface area contributed by atoms with Crippen LogP contribution in [0.5, 0.6) is 5.75 Å². The van der Waals surface area contributed by atoms with Gasteiger partial charge in [-0.2, -0.15) is 5.10 Å². The lowest BCUT2D eigenvalue weighted by Crippen LogP contribution is -2.31. The van der Waals surface area contributed by atoms with Crippen LogP contribution in [0.1, 0.15) is 38.8 Å². The van der Waals surface area contributed by atoms with Crippen LogP contribution in [0.15, 0.2) is 66.7 Å². The Bertz CT molecular complexity index is 1240. The summed E-state index contributed by atoms with van der Waals surface area (Å²) in [6.07, 6.45) is 3.87. The molecule has 3 N–H and O–H groups in total. The van der Waals surface area contributed by atoms with Crippen molar-refractivity contribution in [3.05, 3.63) is 94.7 Å². The van der Waals surface area contributed by atoms with Gasteiger partial charge in [-0.15, -0.1) is 0 Å². The van der Waals surface area contributed by atoms with Crippen molar-refractivity contribution in [2.75, 3.05) is 13.7 Å². The van der Waals surface area contributed by atoms with Gasteiger partial charge in [0.05, 0.1) is 41.9 Å². The summed E-state index contributed by atoms with van der Waals surface area (Å²) in [4.78, 5) is 13.1. The smallest absolute Gasteiger partial charge is 0.255 e. The Morgan fingerprint density at radius 1 is 1.09 bits per heavy atom. The number of aromatic nitrogens is 2. The van der Waals surface area contributed by atoms with Crippen molar-refractivity contribution in [3.63, 3.8) is 0 Å². The van der Waals surface area contributed by atoms with Crippen LogP contribution >= 0.6 is 0 Å². The summed E-state index contributed by atoms with van der Waals surface area (Å²) in [6, 6.07) is 20.5.